The molecule has 0 aromatic carbocycles. The fourth-order valence-corrected chi connectivity index (χ4v) is 3.48. The Bertz CT molecular complexity index is 604. The number of rotatable bonds is 1. The number of piperidine rings is 2. The molecule has 2 amide bonds. The Hall–Kier alpha value is -1.95. The Balaban J connectivity index is 1.86. The first-order chi connectivity index (χ1) is 10.5. The van der Waals surface area contributed by atoms with Gasteiger partial charge in [0.15, 0.2) is 0 Å². The van der Waals surface area contributed by atoms with Crippen LogP contribution in [0.3, 0.4) is 0 Å². The lowest BCUT2D eigenvalue weighted by Gasteiger charge is -2.46. The van der Waals surface area contributed by atoms with Crippen molar-refractivity contribution < 1.29 is 14.7 Å². The maximum Gasteiger partial charge on any atom is 0.272 e. The molecule has 0 saturated carbocycles. The number of nitrogens with zero attached hydrogens (tertiary/aromatic N) is 2. The molecule has 3 rings (SSSR count). The van der Waals surface area contributed by atoms with E-state index in [0.29, 0.717) is 31.6 Å². The molecule has 1 aromatic heterocycles. The van der Waals surface area contributed by atoms with Gasteiger partial charge in [0.1, 0.15) is 5.69 Å². The molecule has 0 radical (unpaired) electrons. The van der Waals surface area contributed by atoms with Crippen molar-refractivity contribution in [2.24, 2.45) is 5.41 Å². The highest BCUT2D eigenvalue weighted by atomic mass is 16.3. The normalized spacial score (nSPS) is 28.5. The number of carbonyl (C=O) groups excluding carboxylic acids is 2. The molecule has 3 heterocycles. The summed E-state index contributed by atoms with van der Waals surface area (Å²) in [5.74, 6) is -0.302. The summed E-state index contributed by atoms with van der Waals surface area (Å²) in [5.41, 5.74) is 0.375. The number of pyridine rings is 1. The molecule has 1 aromatic rings. The molecule has 0 aliphatic carbocycles. The third-order valence-electron chi connectivity index (χ3n) is 4.82. The van der Waals surface area contributed by atoms with Crippen molar-refractivity contribution in [3.8, 4) is 0 Å². The van der Waals surface area contributed by atoms with Crippen LogP contribution in [0.4, 0.5) is 0 Å². The summed E-state index contributed by atoms with van der Waals surface area (Å²) in [7, 11) is 0. The van der Waals surface area contributed by atoms with Crippen molar-refractivity contribution in [2.45, 2.75) is 32.3 Å². The maximum absolute atomic E-state index is 12.7. The first-order valence-electron chi connectivity index (χ1n) is 7.72. The molecule has 2 aliphatic rings. The summed E-state index contributed by atoms with van der Waals surface area (Å²) in [4.78, 5) is 30.9. The minimum atomic E-state index is -0.866. The third kappa shape index (κ3) is 2.37. The first-order valence-corrected chi connectivity index (χ1v) is 7.72. The average Bonchev–Trinajstić information content (AvgIpc) is 2.52. The number of hydrogen-bond donors (Lipinski definition) is 2. The smallest absolute Gasteiger partial charge is 0.272 e. The number of aryl methyl sites for hydroxylation is 1. The van der Waals surface area contributed by atoms with Crippen molar-refractivity contribution in [3.05, 3.63) is 29.6 Å². The minimum Gasteiger partial charge on any atom is -0.392 e. The van der Waals surface area contributed by atoms with E-state index in [1.807, 2.05) is 13.0 Å². The van der Waals surface area contributed by atoms with E-state index in [0.717, 1.165) is 12.0 Å². The summed E-state index contributed by atoms with van der Waals surface area (Å²) >= 11 is 0. The van der Waals surface area contributed by atoms with E-state index in [9.17, 15) is 14.7 Å². The monoisotopic (exact) mass is 303 g/mol. The molecule has 22 heavy (non-hydrogen) atoms. The molecule has 2 N–H and O–H groups in total. The SMILES string of the molecule is Cc1cccnc1C(=O)N1CC[C@H](O)[C@@]2(CCCNC2=O)C1. The molecule has 2 atom stereocenters. The Labute approximate surface area is 129 Å². The zero-order valence-corrected chi connectivity index (χ0v) is 12.7. The van der Waals surface area contributed by atoms with Gasteiger partial charge in [0.2, 0.25) is 5.91 Å². The molecule has 6 heteroatoms. The van der Waals surface area contributed by atoms with Gasteiger partial charge in [-0.3, -0.25) is 14.6 Å². The Morgan fingerprint density at radius 3 is 3.09 bits per heavy atom. The van der Waals surface area contributed by atoms with E-state index in [4.69, 9.17) is 0 Å². The number of hydrogen-bond acceptors (Lipinski definition) is 4. The molecule has 2 saturated heterocycles. The van der Waals surface area contributed by atoms with Crippen LogP contribution in [0.2, 0.25) is 0 Å². The molecular formula is C16H21N3O3. The molecule has 0 bridgehead atoms. The first kappa shape index (κ1) is 15.0. The highest BCUT2D eigenvalue weighted by Crippen LogP contribution is 2.37. The number of aliphatic hydroxyl groups is 1. The molecule has 6 nitrogen and oxygen atoms in total. The maximum atomic E-state index is 12.7. The number of carbonyl (C=O) groups is 2. The fourth-order valence-electron chi connectivity index (χ4n) is 3.48. The van der Waals surface area contributed by atoms with E-state index in [-0.39, 0.29) is 18.4 Å². The van der Waals surface area contributed by atoms with Gasteiger partial charge in [0, 0.05) is 25.8 Å². The third-order valence-corrected chi connectivity index (χ3v) is 4.82. The lowest BCUT2D eigenvalue weighted by molar-refractivity contribution is -0.147. The van der Waals surface area contributed by atoms with E-state index in [1.165, 1.54) is 0 Å². The summed E-state index contributed by atoms with van der Waals surface area (Å²) in [6.07, 6.45) is 2.77. The van der Waals surface area contributed by atoms with Crippen molar-refractivity contribution in [1.29, 1.82) is 0 Å². The van der Waals surface area contributed by atoms with E-state index < -0.39 is 11.5 Å². The van der Waals surface area contributed by atoms with Gasteiger partial charge in [-0.1, -0.05) is 6.07 Å². The zero-order chi connectivity index (χ0) is 15.7. The van der Waals surface area contributed by atoms with Gasteiger partial charge in [-0.2, -0.15) is 0 Å². The van der Waals surface area contributed by atoms with Crippen molar-refractivity contribution in [3.63, 3.8) is 0 Å². The second-order valence-electron chi connectivity index (χ2n) is 6.22. The second-order valence-corrected chi connectivity index (χ2v) is 6.22. The van der Waals surface area contributed by atoms with Crippen molar-refractivity contribution in [1.82, 2.24) is 15.2 Å². The van der Waals surface area contributed by atoms with Gasteiger partial charge >= 0.3 is 0 Å². The van der Waals surface area contributed by atoms with Gasteiger partial charge in [0.25, 0.3) is 5.91 Å². The second kappa shape index (κ2) is 5.68. The van der Waals surface area contributed by atoms with Crippen LogP contribution in [0.1, 0.15) is 35.3 Å². The number of aliphatic hydroxyl groups excluding tert-OH is 1. The quantitative estimate of drug-likeness (QED) is 0.791. The molecule has 2 aliphatic heterocycles. The topological polar surface area (TPSA) is 82.5 Å². The van der Waals surface area contributed by atoms with Crippen molar-refractivity contribution in [2.75, 3.05) is 19.6 Å². The van der Waals surface area contributed by atoms with Gasteiger partial charge in [0.05, 0.1) is 11.5 Å². The highest BCUT2D eigenvalue weighted by Gasteiger charge is 2.50. The Kier molecular flexibility index (Phi) is 3.87. The number of likely N-dealkylation sites (tertiary alicyclic amines) is 1. The predicted octanol–water partition coefficient (Wildman–Crippen LogP) is 0.493. The van der Waals surface area contributed by atoms with E-state index in [1.54, 1.807) is 17.2 Å². The molecule has 1 spiro atoms. The Morgan fingerprint density at radius 2 is 2.36 bits per heavy atom. The lowest BCUT2D eigenvalue weighted by Crippen LogP contribution is -2.62. The fraction of sp³-hybridized carbons (Fsp3) is 0.562. The van der Waals surface area contributed by atoms with Crippen LogP contribution >= 0.6 is 0 Å². The average molecular weight is 303 g/mol. The van der Waals surface area contributed by atoms with Gasteiger partial charge in [-0.15, -0.1) is 0 Å². The van der Waals surface area contributed by atoms with Gasteiger partial charge in [-0.05, 0) is 37.8 Å². The predicted molar refractivity (Wildman–Crippen MR) is 80.2 cm³/mol. The van der Waals surface area contributed by atoms with Crippen LogP contribution in [0.25, 0.3) is 0 Å². The summed E-state index contributed by atoms with van der Waals surface area (Å²) < 4.78 is 0. The standard InChI is InChI=1S/C16H21N3O3/c1-11-4-2-7-17-13(11)14(21)19-9-5-12(20)16(10-19)6-3-8-18-15(16)22/h2,4,7,12,20H,3,5-6,8-10H2,1H3,(H,18,22)/t12-,16+/m0/s1. The Morgan fingerprint density at radius 1 is 1.55 bits per heavy atom. The van der Waals surface area contributed by atoms with Crippen LogP contribution in [-0.4, -0.2) is 52.5 Å². The number of nitrogens with one attached hydrogen (secondary N) is 1. The zero-order valence-electron chi connectivity index (χ0n) is 12.7. The van der Waals surface area contributed by atoms with E-state index >= 15 is 0 Å². The minimum absolute atomic E-state index is 0.138. The van der Waals surface area contributed by atoms with Crippen LogP contribution in [0, 0.1) is 12.3 Å². The summed E-state index contributed by atoms with van der Waals surface area (Å²) in [5, 5.41) is 13.2. The molecule has 0 unspecified atom stereocenters. The molecule has 2 fully saturated rings. The number of aromatic nitrogens is 1. The number of amides is 2. The summed E-state index contributed by atoms with van der Waals surface area (Å²) in [6, 6.07) is 3.64. The molecule has 118 valence electrons. The van der Waals surface area contributed by atoms with Gasteiger partial charge < -0.3 is 15.3 Å². The van der Waals surface area contributed by atoms with Crippen LogP contribution in [-0.2, 0) is 4.79 Å². The van der Waals surface area contributed by atoms with Crippen LogP contribution in [0.5, 0.6) is 0 Å². The highest BCUT2D eigenvalue weighted by molar-refractivity contribution is 5.94. The van der Waals surface area contributed by atoms with E-state index in [2.05, 4.69) is 10.3 Å². The van der Waals surface area contributed by atoms with Gasteiger partial charge in [-0.25, -0.2) is 0 Å². The largest absolute Gasteiger partial charge is 0.392 e. The molecular weight excluding hydrogens is 282 g/mol. The van der Waals surface area contributed by atoms with Crippen LogP contribution < -0.4 is 5.32 Å². The van der Waals surface area contributed by atoms with Crippen molar-refractivity contribution >= 4 is 11.8 Å². The lowest BCUT2D eigenvalue weighted by atomic mass is 9.71. The van der Waals surface area contributed by atoms with Crippen LogP contribution in [0.15, 0.2) is 18.3 Å². The summed E-state index contributed by atoms with van der Waals surface area (Å²) in [6.45, 7) is 3.20.